The molecule has 0 amide bonds. The molecule has 0 spiro atoms. The van der Waals surface area contributed by atoms with Crippen molar-refractivity contribution in [3.63, 3.8) is 0 Å². The third-order valence-corrected chi connectivity index (χ3v) is 1.84. The highest BCUT2D eigenvalue weighted by atomic mass is 32.1. The van der Waals surface area contributed by atoms with E-state index in [4.69, 9.17) is 0 Å². The number of rotatable bonds is 4. The van der Waals surface area contributed by atoms with Crippen molar-refractivity contribution >= 4 is 18.7 Å². The average molecular weight is 182 g/mol. The number of nitrogens with zero attached hydrogens (tertiary/aromatic N) is 2. The van der Waals surface area contributed by atoms with Gasteiger partial charge in [0.05, 0.1) is 6.20 Å². The first kappa shape index (κ1) is 9.39. The Hall–Kier alpha value is -0.700. The summed E-state index contributed by atoms with van der Waals surface area (Å²) in [7, 11) is 0. The maximum atomic E-state index is 4.16. The van der Waals surface area contributed by atoms with Gasteiger partial charge in [0.1, 0.15) is 0 Å². The molecule has 0 fully saturated rings. The van der Waals surface area contributed by atoms with Gasteiger partial charge in [0.25, 0.3) is 0 Å². The Bertz CT molecular complexity index is 253. The number of hydrogen-bond donors (Lipinski definition) is 1. The molecule has 1 aromatic heterocycles. The van der Waals surface area contributed by atoms with Crippen LogP contribution in [-0.2, 0) is 6.54 Å². The minimum absolute atomic E-state index is 0.901. The summed E-state index contributed by atoms with van der Waals surface area (Å²) >= 11 is 4.12. The second-order valence-electron chi connectivity index (χ2n) is 2.54. The lowest BCUT2D eigenvalue weighted by Gasteiger charge is -1.89. The molecule has 66 valence electrons. The van der Waals surface area contributed by atoms with E-state index in [0.29, 0.717) is 0 Å². The van der Waals surface area contributed by atoms with E-state index in [1.165, 1.54) is 5.56 Å². The Labute approximate surface area is 78.7 Å². The molecule has 0 atom stereocenters. The van der Waals surface area contributed by atoms with Crippen LogP contribution < -0.4 is 0 Å². The fraction of sp³-hybridized carbons (Fsp3) is 0.444. The summed E-state index contributed by atoms with van der Waals surface area (Å²) in [5, 5.41) is 4.16. The summed E-state index contributed by atoms with van der Waals surface area (Å²) in [6.45, 7) is 3.01. The van der Waals surface area contributed by atoms with Crippen molar-refractivity contribution < 1.29 is 0 Å². The van der Waals surface area contributed by atoms with Gasteiger partial charge in [-0.15, -0.1) is 0 Å². The van der Waals surface area contributed by atoms with Crippen molar-refractivity contribution in [3.05, 3.63) is 24.0 Å². The van der Waals surface area contributed by atoms with Crippen molar-refractivity contribution in [1.82, 2.24) is 9.78 Å². The van der Waals surface area contributed by atoms with Crippen LogP contribution >= 0.6 is 12.6 Å². The lowest BCUT2D eigenvalue weighted by Crippen LogP contribution is -1.91. The number of thiol groups is 1. The summed E-state index contributed by atoms with van der Waals surface area (Å²) < 4.78 is 1.92. The zero-order chi connectivity index (χ0) is 8.81. The molecule has 0 unspecified atom stereocenters. The van der Waals surface area contributed by atoms with Gasteiger partial charge in [0.15, 0.2) is 0 Å². The van der Waals surface area contributed by atoms with E-state index < -0.39 is 0 Å². The summed E-state index contributed by atoms with van der Waals surface area (Å²) in [6.07, 6.45) is 9.12. The highest BCUT2D eigenvalue weighted by Gasteiger charge is 1.90. The average Bonchev–Trinajstić information content (AvgIpc) is 2.53. The SMILES string of the molecule is CCn1cc(C=CCCS)cn1. The predicted molar refractivity (Wildman–Crippen MR) is 55.4 cm³/mol. The minimum atomic E-state index is 0.901. The van der Waals surface area contributed by atoms with Gasteiger partial charge in [0.2, 0.25) is 0 Å². The molecule has 0 radical (unpaired) electrons. The second kappa shape index (κ2) is 5.04. The lowest BCUT2D eigenvalue weighted by atomic mass is 10.3. The second-order valence-corrected chi connectivity index (χ2v) is 2.99. The van der Waals surface area contributed by atoms with Gasteiger partial charge in [-0.1, -0.05) is 12.2 Å². The van der Waals surface area contributed by atoms with E-state index >= 15 is 0 Å². The molecule has 0 aliphatic rings. The molecular formula is C9H14N2S. The normalized spacial score (nSPS) is 11.2. The van der Waals surface area contributed by atoms with Gasteiger partial charge in [-0.25, -0.2) is 0 Å². The van der Waals surface area contributed by atoms with Crippen LogP contribution in [0.3, 0.4) is 0 Å². The fourth-order valence-electron chi connectivity index (χ4n) is 0.933. The first-order valence-corrected chi connectivity index (χ1v) is 4.80. The summed E-state index contributed by atoms with van der Waals surface area (Å²) in [5.74, 6) is 0.901. The molecule has 0 aliphatic heterocycles. The van der Waals surface area contributed by atoms with Crippen LogP contribution in [-0.4, -0.2) is 15.5 Å². The van der Waals surface area contributed by atoms with Crippen LogP contribution in [0, 0.1) is 0 Å². The van der Waals surface area contributed by atoms with E-state index in [1.54, 1.807) is 0 Å². The third-order valence-electron chi connectivity index (χ3n) is 1.58. The summed E-state index contributed by atoms with van der Waals surface area (Å²) in [4.78, 5) is 0. The molecule has 3 heteroatoms. The van der Waals surface area contributed by atoms with Gasteiger partial charge >= 0.3 is 0 Å². The number of hydrogen-bond acceptors (Lipinski definition) is 2. The Morgan fingerprint density at radius 1 is 1.67 bits per heavy atom. The topological polar surface area (TPSA) is 17.8 Å². The molecule has 0 aromatic carbocycles. The van der Waals surface area contributed by atoms with Crippen LogP contribution in [0.15, 0.2) is 18.5 Å². The number of allylic oxidation sites excluding steroid dienone is 1. The third kappa shape index (κ3) is 2.74. The molecular weight excluding hydrogens is 168 g/mol. The highest BCUT2D eigenvalue weighted by Crippen LogP contribution is 2.01. The molecule has 0 saturated heterocycles. The molecule has 12 heavy (non-hydrogen) atoms. The molecule has 2 nitrogen and oxygen atoms in total. The maximum absolute atomic E-state index is 4.16. The zero-order valence-electron chi connectivity index (χ0n) is 7.27. The Balaban J connectivity index is 2.51. The van der Waals surface area contributed by atoms with Crippen LogP contribution in [0.1, 0.15) is 18.9 Å². The summed E-state index contributed by atoms with van der Waals surface area (Å²) in [6, 6.07) is 0. The first-order valence-electron chi connectivity index (χ1n) is 4.16. The van der Waals surface area contributed by atoms with Gasteiger partial charge < -0.3 is 0 Å². The van der Waals surface area contributed by atoms with Gasteiger partial charge in [0, 0.05) is 18.3 Å². The van der Waals surface area contributed by atoms with Crippen LogP contribution in [0.5, 0.6) is 0 Å². The zero-order valence-corrected chi connectivity index (χ0v) is 8.17. The quantitative estimate of drug-likeness (QED) is 0.707. The largest absolute Gasteiger partial charge is 0.272 e. The van der Waals surface area contributed by atoms with E-state index in [2.05, 4.69) is 36.8 Å². The number of aromatic nitrogens is 2. The van der Waals surface area contributed by atoms with Gasteiger partial charge in [-0.05, 0) is 19.1 Å². The van der Waals surface area contributed by atoms with Gasteiger partial charge in [-0.2, -0.15) is 17.7 Å². The Kier molecular flexibility index (Phi) is 3.94. The van der Waals surface area contributed by atoms with Crippen molar-refractivity contribution in [2.24, 2.45) is 0 Å². The molecule has 0 bridgehead atoms. The fourth-order valence-corrected chi connectivity index (χ4v) is 1.08. The van der Waals surface area contributed by atoms with E-state index in [0.717, 1.165) is 18.7 Å². The minimum Gasteiger partial charge on any atom is -0.272 e. The molecule has 0 aliphatic carbocycles. The van der Waals surface area contributed by atoms with E-state index in [-0.39, 0.29) is 0 Å². The van der Waals surface area contributed by atoms with Crippen molar-refractivity contribution in [2.45, 2.75) is 19.9 Å². The van der Waals surface area contributed by atoms with E-state index in [1.807, 2.05) is 17.1 Å². The van der Waals surface area contributed by atoms with Crippen molar-refractivity contribution in [3.8, 4) is 0 Å². The van der Waals surface area contributed by atoms with Crippen LogP contribution in [0.4, 0.5) is 0 Å². The molecule has 0 N–H and O–H groups in total. The predicted octanol–water partition coefficient (Wildman–Crippen LogP) is 2.24. The number of aryl methyl sites for hydroxylation is 1. The standard InChI is InChI=1S/C9H14N2S/c1-2-11-8-9(7-10-11)5-3-4-6-12/h3,5,7-8,12H,2,4,6H2,1H3. The summed E-state index contributed by atoms with van der Waals surface area (Å²) in [5.41, 5.74) is 1.17. The van der Waals surface area contributed by atoms with Crippen LogP contribution in [0.2, 0.25) is 0 Å². The molecule has 1 rings (SSSR count). The monoisotopic (exact) mass is 182 g/mol. The van der Waals surface area contributed by atoms with Gasteiger partial charge in [-0.3, -0.25) is 4.68 Å². The van der Waals surface area contributed by atoms with Crippen molar-refractivity contribution in [1.29, 1.82) is 0 Å². The van der Waals surface area contributed by atoms with Crippen LogP contribution in [0.25, 0.3) is 6.08 Å². The van der Waals surface area contributed by atoms with Crippen molar-refractivity contribution in [2.75, 3.05) is 5.75 Å². The Morgan fingerprint density at radius 3 is 3.08 bits per heavy atom. The van der Waals surface area contributed by atoms with E-state index in [9.17, 15) is 0 Å². The molecule has 1 aromatic rings. The first-order chi connectivity index (χ1) is 5.86. The Morgan fingerprint density at radius 2 is 2.50 bits per heavy atom. The molecule has 1 heterocycles. The molecule has 0 saturated carbocycles. The maximum Gasteiger partial charge on any atom is 0.0562 e. The lowest BCUT2D eigenvalue weighted by molar-refractivity contribution is 0.660. The highest BCUT2D eigenvalue weighted by molar-refractivity contribution is 7.80. The smallest absolute Gasteiger partial charge is 0.0562 e.